The number of nitrogens with two attached hydrogens (primary N) is 1. The molecule has 0 bridgehead atoms. The number of rotatable bonds is 4. The molecular weight excluding hydrogens is 298 g/mol. The van der Waals surface area contributed by atoms with Crippen LogP contribution in [0, 0.1) is 5.92 Å². The van der Waals surface area contributed by atoms with Crippen LogP contribution in [-0.4, -0.2) is 17.0 Å². The topological polar surface area (TPSA) is 87.7 Å². The zero-order chi connectivity index (χ0) is 13.1. The summed E-state index contributed by atoms with van der Waals surface area (Å²) in [5.74, 6) is 0.456. The average molecular weight is 312 g/mol. The van der Waals surface area contributed by atoms with Gasteiger partial charge in [-0.25, -0.2) is 0 Å². The minimum atomic E-state index is -0.0354. The van der Waals surface area contributed by atoms with Crippen molar-refractivity contribution in [2.24, 2.45) is 16.8 Å². The van der Waals surface area contributed by atoms with E-state index in [2.05, 4.69) is 26.4 Å². The van der Waals surface area contributed by atoms with E-state index in [-0.39, 0.29) is 11.7 Å². The molecule has 0 unspecified atom stereocenters. The van der Waals surface area contributed by atoms with Crippen molar-refractivity contribution in [3.63, 3.8) is 0 Å². The number of halogens is 1. The molecule has 1 fully saturated rings. The van der Waals surface area contributed by atoms with Crippen molar-refractivity contribution in [2.45, 2.75) is 19.3 Å². The van der Waals surface area contributed by atoms with E-state index in [1.54, 1.807) is 18.2 Å². The van der Waals surface area contributed by atoms with Crippen LogP contribution in [-0.2, 0) is 4.79 Å². The fraction of sp³-hybridized carbons (Fsp3) is 0.333. The Morgan fingerprint density at radius 1 is 1.56 bits per heavy atom. The zero-order valence-corrected chi connectivity index (χ0v) is 11.3. The van der Waals surface area contributed by atoms with Gasteiger partial charge >= 0.3 is 0 Å². The second-order valence-electron chi connectivity index (χ2n) is 4.37. The molecule has 6 heteroatoms. The summed E-state index contributed by atoms with van der Waals surface area (Å²) < 4.78 is 0.796. The monoisotopic (exact) mass is 311 g/mol. The number of amidine groups is 1. The highest BCUT2D eigenvalue weighted by Gasteiger charge is 2.24. The largest absolute Gasteiger partial charge is 0.409 e. The van der Waals surface area contributed by atoms with Gasteiger partial charge in [0.25, 0.3) is 0 Å². The van der Waals surface area contributed by atoms with Gasteiger partial charge in [0.05, 0.1) is 5.69 Å². The van der Waals surface area contributed by atoms with Crippen molar-refractivity contribution in [2.75, 3.05) is 5.32 Å². The molecule has 0 saturated heterocycles. The molecule has 1 aromatic rings. The molecule has 0 aliphatic heterocycles. The lowest BCUT2D eigenvalue weighted by Gasteiger charge is -2.10. The van der Waals surface area contributed by atoms with E-state index in [1.165, 1.54) is 0 Å². The summed E-state index contributed by atoms with van der Waals surface area (Å²) in [6, 6.07) is 5.21. The van der Waals surface area contributed by atoms with E-state index >= 15 is 0 Å². The molecular formula is C12H14BrN3O2. The van der Waals surface area contributed by atoms with Crippen LogP contribution in [0.4, 0.5) is 5.69 Å². The minimum absolute atomic E-state index is 0.0296. The minimum Gasteiger partial charge on any atom is -0.409 e. The molecule has 96 valence electrons. The standard InChI is InChI=1S/C12H14BrN3O2/c13-8-3-4-10(9(6-8)12(14)16-18)15-11(17)5-7-1-2-7/h3-4,6-7,18H,1-2,5H2,(H2,14,16)(H,15,17). The number of anilines is 1. The number of oxime groups is 1. The van der Waals surface area contributed by atoms with Gasteiger partial charge in [0.15, 0.2) is 5.84 Å². The molecule has 5 nitrogen and oxygen atoms in total. The van der Waals surface area contributed by atoms with Crippen LogP contribution in [0.1, 0.15) is 24.8 Å². The second-order valence-corrected chi connectivity index (χ2v) is 5.29. The Kier molecular flexibility index (Phi) is 3.86. The third-order valence-electron chi connectivity index (χ3n) is 2.81. The Bertz CT molecular complexity index is 498. The number of nitrogens with one attached hydrogen (secondary N) is 1. The van der Waals surface area contributed by atoms with Crippen LogP contribution in [0.25, 0.3) is 0 Å². The maximum Gasteiger partial charge on any atom is 0.224 e. The summed E-state index contributed by atoms with van der Waals surface area (Å²) in [4.78, 5) is 11.7. The first-order valence-corrected chi connectivity index (χ1v) is 6.46. The van der Waals surface area contributed by atoms with Gasteiger partial charge in [-0.2, -0.15) is 0 Å². The molecule has 0 radical (unpaired) electrons. The van der Waals surface area contributed by atoms with Gasteiger partial charge < -0.3 is 16.3 Å². The Labute approximate surface area is 113 Å². The maximum atomic E-state index is 11.7. The van der Waals surface area contributed by atoms with Crippen LogP contribution < -0.4 is 11.1 Å². The van der Waals surface area contributed by atoms with Crippen LogP contribution in [0.15, 0.2) is 27.8 Å². The van der Waals surface area contributed by atoms with Crippen LogP contribution in [0.5, 0.6) is 0 Å². The number of hydrogen-bond acceptors (Lipinski definition) is 3. The number of carbonyl (C=O) groups excluding carboxylic acids is 1. The maximum absolute atomic E-state index is 11.7. The Morgan fingerprint density at radius 3 is 2.89 bits per heavy atom. The summed E-state index contributed by atoms with van der Waals surface area (Å²) in [6.07, 6.45) is 2.79. The molecule has 1 aliphatic carbocycles. The number of benzene rings is 1. The first kappa shape index (κ1) is 12.9. The predicted octanol–water partition coefficient (Wildman–Crippen LogP) is 2.28. The summed E-state index contributed by atoms with van der Waals surface area (Å²) >= 11 is 3.31. The molecule has 0 heterocycles. The number of amides is 1. The van der Waals surface area contributed by atoms with Gasteiger partial charge in [-0.1, -0.05) is 21.1 Å². The third-order valence-corrected chi connectivity index (χ3v) is 3.30. The van der Waals surface area contributed by atoms with E-state index in [9.17, 15) is 4.79 Å². The predicted molar refractivity (Wildman–Crippen MR) is 72.6 cm³/mol. The Balaban J connectivity index is 2.17. The lowest BCUT2D eigenvalue weighted by Crippen LogP contribution is -2.19. The molecule has 4 N–H and O–H groups in total. The number of nitrogens with zero attached hydrogens (tertiary/aromatic N) is 1. The molecule has 18 heavy (non-hydrogen) atoms. The highest BCUT2D eigenvalue weighted by molar-refractivity contribution is 9.10. The highest BCUT2D eigenvalue weighted by Crippen LogP contribution is 2.32. The van der Waals surface area contributed by atoms with Crippen molar-refractivity contribution in [1.29, 1.82) is 0 Å². The van der Waals surface area contributed by atoms with Crippen molar-refractivity contribution < 1.29 is 10.0 Å². The van der Waals surface area contributed by atoms with Crippen LogP contribution in [0.3, 0.4) is 0 Å². The number of hydrogen-bond donors (Lipinski definition) is 3. The fourth-order valence-corrected chi connectivity index (χ4v) is 2.04. The van der Waals surface area contributed by atoms with Gasteiger partial charge in [-0.3, -0.25) is 4.79 Å². The van der Waals surface area contributed by atoms with Crippen LogP contribution in [0.2, 0.25) is 0 Å². The zero-order valence-electron chi connectivity index (χ0n) is 9.69. The van der Waals surface area contributed by atoms with Gasteiger partial charge in [0, 0.05) is 16.5 Å². The Hall–Kier alpha value is -1.56. The van der Waals surface area contributed by atoms with E-state index in [4.69, 9.17) is 10.9 Å². The highest BCUT2D eigenvalue weighted by atomic mass is 79.9. The molecule has 0 spiro atoms. The molecule has 1 amide bonds. The molecule has 1 aromatic carbocycles. The van der Waals surface area contributed by atoms with Gasteiger partial charge in [-0.05, 0) is 37.0 Å². The van der Waals surface area contributed by atoms with Crippen molar-refractivity contribution >= 4 is 33.4 Å². The van der Waals surface area contributed by atoms with E-state index in [0.717, 1.165) is 17.3 Å². The average Bonchev–Trinajstić information content (AvgIpc) is 3.14. The first-order chi connectivity index (χ1) is 8.60. The quantitative estimate of drug-likeness (QED) is 0.345. The van der Waals surface area contributed by atoms with Crippen LogP contribution >= 0.6 is 15.9 Å². The molecule has 1 aliphatic rings. The number of carbonyl (C=O) groups is 1. The van der Waals surface area contributed by atoms with E-state index in [0.29, 0.717) is 23.6 Å². The molecule has 1 saturated carbocycles. The normalized spacial score (nSPS) is 15.5. The third kappa shape index (κ3) is 3.22. The van der Waals surface area contributed by atoms with E-state index in [1.807, 2.05) is 0 Å². The van der Waals surface area contributed by atoms with E-state index < -0.39 is 0 Å². The lowest BCUT2D eigenvalue weighted by molar-refractivity contribution is -0.116. The van der Waals surface area contributed by atoms with Gasteiger partial charge in [0.1, 0.15) is 0 Å². The van der Waals surface area contributed by atoms with Gasteiger partial charge in [0.2, 0.25) is 5.91 Å². The van der Waals surface area contributed by atoms with Crippen molar-refractivity contribution in [3.8, 4) is 0 Å². The van der Waals surface area contributed by atoms with Gasteiger partial charge in [-0.15, -0.1) is 0 Å². The SMILES string of the molecule is N/C(=N/O)c1cc(Br)ccc1NC(=O)CC1CC1. The summed E-state index contributed by atoms with van der Waals surface area (Å²) in [6.45, 7) is 0. The molecule has 0 atom stereocenters. The molecule has 0 aromatic heterocycles. The Morgan fingerprint density at radius 2 is 2.28 bits per heavy atom. The fourth-order valence-electron chi connectivity index (χ4n) is 1.68. The van der Waals surface area contributed by atoms with Crippen molar-refractivity contribution in [1.82, 2.24) is 0 Å². The summed E-state index contributed by atoms with van der Waals surface area (Å²) in [5, 5.41) is 14.5. The first-order valence-electron chi connectivity index (χ1n) is 5.67. The lowest BCUT2D eigenvalue weighted by atomic mass is 10.1. The summed E-state index contributed by atoms with van der Waals surface area (Å²) in [7, 11) is 0. The molecule has 2 rings (SSSR count). The summed E-state index contributed by atoms with van der Waals surface area (Å²) in [5.41, 5.74) is 6.63. The second kappa shape index (κ2) is 5.39. The van der Waals surface area contributed by atoms with Crippen molar-refractivity contribution in [3.05, 3.63) is 28.2 Å². The smallest absolute Gasteiger partial charge is 0.224 e.